The first-order valence-corrected chi connectivity index (χ1v) is 6.87. The minimum absolute atomic E-state index is 0. The van der Waals surface area contributed by atoms with E-state index in [1.165, 1.54) is 19.4 Å². The van der Waals surface area contributed by atoms with E-state index in [0.717, 1.165) is 25.6 Å². The van der Waals surface area contributed by atoms with Crippen LogP contribution in [-0.2, 0) is 0 Å². The van der Waals surface area contributed by atoms with Crippen LogP contribution in [0.1, 0.15) is 40.5 Å². The van der Waals surface area contributed by atoms with Gasteiger partial charge in [-0.3, -0.25) is 4.99 Å². The van der Waals surface area contributed by atoms with E-state index in [1.54, 1.807) is 0 Å². The Morgan fingerprint density at radius 3 is 2.28 bits per heavy atom. The minimum Gasteiger partial charge on any atom is -0.357 e. The molecule has 0 rings (SSSR count). The molecule has 0 fully saturated rings. The van der Waals surface area contributed by atoms with Gasteiger partial charge in [0.25, 0.3) is 0 Å². The number of hydrogen-bond acceptors (Lipinski definition) is 2. The first-order chi connectivity index (χ1) is 8.17. The summed E-state index contributed by atoms with van der Waals surface area (Å²) < 4.78 is 0. The van der Waals surface area contributed by atoms with Crippen LogP contribution in [0.15, 0.2) is 4.99 Å². The lowest BCUT2D eigenvalue weighted by Gasteiger charge is -2.20. The third kappa shape index (κ3) is 9.94. The smallest absolute Gasteiger partial charge is 0.191 e. The standard InChI is InChI=1S/C13H30N4.HI/c1-6-15-13(14-5)16-12(4)10-9-11-17(7-2)8-3;/h12H,6-11H2,1-5H3,(H2,14,15,16);1H. The zero-order valence-electron chi connectivity index (χ0n) is 12.6. The average Bonchev–Trinajstić information content (AvgIpc) is 2.34. The summed E-state index contributed by atoms with van der Waals surface area (Å²) in [5.74, 6) is 0.905. The Kier molecular flexibility index (Phi) is 15.1. The molecule has 0 spiro atoms. The maximum Gasteiger partial charge on any atom is 0.191 e. The number of aliphatic imine (C=N–C) groups is 1. The van der Waals surface area contributed by atoms with Crippen LogP contribution < -0.4 is 10.6 Å². The largest absolute Gasteiger partial charge is 0.357 e. The second kappa shape index (κ2) is 13.4. The third-order valence-electron chi connectivity index (χ3n) is 2.96. The van der Waals surface area contributed by atoms with E-state index in [1.807, 2.05) is 7.05 Å². The molecule has 18 heavy (non-hydrogen) atoms. The highest BCUT2D eigenvalue weighted by molar-refractivity contribution is 14.0. The van der Waals surface area contributed by atoms with Crippen molar-refractivity contribution < 1.29 is 0 Å². The second-order valence-electron chi connectivity index (χ2n) is 4.32. The normalized spacial score (nSPS) is 13.1. The van der Waals surface area contributed by atoms with Crippen molar-refractivity contribution in [2.24, 2.45) is 4.99 Å². The van der Waals surface area contributed by atoms with E-state index in [4.69, 9.17) is 0 Å². The SMILES string of the molecule is CCNC(=NC)NC(C)CCCN(CC)CC.I. The summed E-state index contributed by atoms with van der Waals surface area (Å²) in [5.41, 5.74) is 0. The van der Waals surface area contributed by atoms with Gasteiger partial charge >= 0.3 is 0 Å². The van der Waals surface area contributed by atoms with Crippen LogP contribution in [0, 0.1) is 0 Å². The summed E-state index contributed by atoms with van der Waals surface area (Å²) in [6, 6.07) is 0.475. The number of hydrogen-bond donors (Lipinski definition) is 2. The van der Waals surface area contributed by atoms with Gasteiger partial charge in [0.15, 0.2) is 5.96 Å². The fourth-order valence-electron chi connectivity index (χ4n) is 1.83. The van der Waals surface area contributed by atoms with Crippen molar-refractivity contribution in [3.8, 4) is 0 Å². The van der Waals surface area contributed by atoms with E-state index >= 15 is 0 Å². The molecule has 2 N–H and O–H groups in total. The molecule has 0 bridgehead atoms. The van der Waals surface area contributed by atoms with E-state index in [-0.39, 0.29) is 24.0 Å². The fourth-order valence-corrected chi connectivity index (χ4v) is 1.83. The van der Waals surface area contributed by atoms with Crippen molar-refractivity contribution in [3.63, 3.8) is 0 Å². The monoisotopic (exact) mass is 370 g/mol. The van der Waals surface area contributed by atoms with Gasteiger partial charge in [0.05, 0.1) is 0 Å². The molecule has 0 aliphatic carbocycles. The molecule has 1 atom stereocenters. The summed E-state index contributed by atoms with van der Waals surface area (Å²) in [5, 5.41) is 6.61. The summed E-state index contributed by atoms with van der Waals surface area (Å²) >= 11 is 0. The van der Waals surface area contributed by atoms with Crippen LogP contribution >= 0.6 is 24.0 Å². The van der Waals surface area contributed by atoms with Crippen LogP contribution in [0.3, 0.4) is 0 Å². The third-order valence-corrected chi connectivity index (χ3v) is 2.96. The van der Waals surface area contributed by atoms with Crippen LogP contribution in [-0.4, -0.2) is 50.1 Å². The number of nitrogens with zero attached hydrogens (tertiary/aromatic N) is 2. The summed E-state index contributed by atoms with van der Waals surface area (Å²) in [6.07, 6.45) is 2.42. The predicted molar refractivity (Wildman–Crippen MR) is 92.1 cm³/mol. The Hall–Kier alpha value is -0.0400. The molecular formula is C13H31IN4. The minimum atomic E-state index is 0. The van der Waals surface area contributed by atoms with Crippen molar-refractivity contribution in [2.45, 2.75) is 46.6 Å². The molecule has 0 aliphatic rings. The Morgan fingerprint density at radius 1 is 1.22 bits per heavy atom. The van der Waals surface area contributed by atoms with Crippen molar-refractivity contribution in [1.82, 2.24) is 15.5 Å². The molecule has 110 valence electrons. The molecule has 0 saturated heterocycles. The van der Waals surface area contributed by atoms with Gasteiger partial charge in [0.1, 0.15) is 0 Å². The molecule has 5 heteroatoms. The Morgan fingerprint density at radius 2 is 1.83 bits per heavy atom. The van der Waals surface area contributed by atoms with Gasteiger partial charge in [-0.15, -0.1) is 24.0 Å². The summed E-state index contributed by atoms with van der Waals surface area (Å²) in [4.78, 5) is 6.64. The van der Waals surface area contributed by atoms with E-state index in [9.17, 15) is 0 Å². The van der Waals surface area contributed by atoms with Crippen LogP contribution in [0.5, 0.6) is 0 Å². The Labute approximate surface area is 130 Å². The molecular weight excluding hydrogens is 339 g/mol. The van der Waals surface area contributed by atoms with Crippen LogP contribution in [0.2, 0.25) is 0 Å². The van der Waals surface area contributed by atoms with E-state index in [2.05, 4.69) is 48.2 Å². The van der Waals surface area contributed by atoms with Crippen molar-refractivity contribution in [3.05, 3.63) is 0 Å². The quantitative estimate of drug-likeness (QED) is 0.391. The molecule has 4 nitrogen and oxygen atoms in total. The lowest BCUT2D eigenvalue weighted by Crippen LogP contribution is -2.42. The van der Waals surface area contributed by atoms with Gasteiger partial charge in [-0.2, -0.15) is 0 Å². The van der Waals surface area contributed by atoms with E-state index in [0.29, 0.717) is 6.04 Å². The maximum absolute atomic E-state index is 4.18. The molecule has 0 aromatic rings. The average molecular weight is 370 g/mol. The Balaban J connectivity index is 0. The molecule has 0 radical (unpaired) electrons. The first kappa shape index (κ1) is 20.3. The maximum atomic E-state index is 4.18. The molecule has 0 saturated carbocycles. The van der Waals surface area contributed by atoms with Gasteiger partial charge in [-0.1, -0.05) is 13.8 Å². The highest BCUT2D eigenvalue weighted by atomic mass is 127. The van der Waals surface area contributed by atoms with E-state index < -0.39 is 0 Å². The molecule has 0 heterocycles. The molecule has 0 aliphatic heterocycles. The number of halogens is 1. The summed E-state index contributed by atoms with van der Waals surface area (Å²) in [7, 11) is 1.81. The van der Waals surface area contributed by atoms with Gasteiger partial charge in [0, 0.05) is 19.6 Å². The fraction of sp³-hybridized carbons (Fsp3) is 0.923. The lowest BCUT2D eigenvalue weighted by atomic mass is 10.2. The Bertz CT molecular complexity index is 205. The first-order valence-electron chi connectivity index (χ1n) is 6.87. The zero-order valence-corrected chi connectivity index (χ0v) is 15.0. The van der Waals surface area contributed by atoms with Gasteiger partial charge in [0.2, 0.25) is 0 Å². The van der Waals surface area contributed by atoms with Crippen molar-refractivity contribution in [2.75, 3.05) is 33.2 Å². The van der Waals surface area contributed by atoms with Crippen LogP contribution in [0.4, 0.5) is 0 Å². The topological polar surface area (TPSA) is 39.7 Å². The van der Waals surface area contributed by atoms with Crippen LogP contribution in [0.25, 0.3) is 0 Å². The van der Waals surface area contributed by atoms with Crippen molar-refractivity contribution in [1.29, 1.82) is 0 Å². The molecule has 0 aromatic heterocycles. The van der Waals surface area contributed by atoms with Crippen molar-refractivity contribution >= 4 is 29.9 Å². The number of guanidine groups is 1. The number of nitrogens with one attached hydrogen (secondary N) is 2. The molecule has 0 amide bonds. The lowest BCUT2D eigenvalue weighted by molar-refractivity contribution is 0.292. The van der Waals surface area contributed by atoms with Gasteiger partial charge in [-0.05, 0) is 46.3 Å². The molecule has 0 aromatic carbocycles. The number of rotatable bonds is 8. The predicted octanol–water partition coefficient (Wildman–Crippen LogP) is 2.30. The zero-order chi connectivity index (χ0) is 13.1. The highest BCUT2D eigenvalue weighted by Crippen LogP contribution is 1.99. The highest BCUT2D eigenvalue weighted by Gasteiger charge is 2.05. The van der Waals surface area contributed by atoms with Gasteiger partial charge in [-0.25, -0.2) is 0 Å². The molecule has 1 unspecified atom stereocenters. The second-order valence-corrected chi connectivity index (χ2v) is 4.32. The van der Waals surface area contributed by atoms with Gasteiger partial charge < -0.3 is 15.5 Å². The summed E-state index contributed by atoms with van der Waals surface area (Å²) in [6.45, 7) is 13.1.